The standard InChI is InChI=1S/C26H35N3O3S/c30-26(16-13-22-11-5-3-6-12-22)27-24-21-23(33(31,32)29-19-9-4-10-20-29)14-15-25(24)28-17-7-1-2-8-18-28/h3,5-6,11-12,14-15,21H,1-2,4,7-10,13,16-20H2,(H,27,30). The maximum absolute atomic E-state index is 13.3. The second-order valence-corrected chi connectivity index (χ2v) is 11.0. The summed E-state index contributed by atoms with van der Waals surface area (Å²) in [6.07, 6.45) is 8.49. The fourth-order valence-corrected chi connectivity index (χ4v) is 6.28. The van der Waals surface area contributed by atoms with Crippen molar-refractivity contribution < 1.29 is 13.2 Å². The first-order valence-electron chi connectivity index (χ1n) is 12.3. The topological polar surface area (TPSA) is 69.7 Å². The third-order valence-corrected chi connectivity index (χ3v) is 8.52. The van der Waals surface area contributed by atoms with E-state index in [9.17, 15) is 13.2 Å². The number of nitrogens with one attached hydrogen (secondary N) is 1. The van der Waals surface area contributed by atoms with Crippen LogP contribution in [0, 0.1) is 0 Å². The van der Waals surface area contributed by atoms with E-state index < -0.39 is 10.0 Å². The molecule has 7 heteroatoms. The maximum atomic E-state index is 13.3. The molecule has 2 saturated heterocycles. The number of benzene rings is 2. The van der Waals surface area contributed by atoms with Crippen molar-refractivity contribution in [2.75, 3.05) is 36.4 Å². The highest BCUT2D eigenvalue weighted by atomic mass is 32.2. The number of hydrogen-bond acceptors (Lipinski definition) is 4. The zero-order valence-corrected chi connectivity index (χ0v) is 20.2. The molecular weight excluding hydrogens is 434 g/mol. The lowest BCUT2D eigenvalue weighted by atomic mass is 10.1. The van der Waals surface area contributed by atoms with Crippen molar-refractivity contribution in [2.24, 2.45) is 0 Å². The van der Waals surface area contributed by atoms with Gasteiger partial charge in [-0.25, -0.2) is 8.42 Å². The molecule has 0 unspecified atom stereocenters. The molecule has 2 aromatic rings. The van der Waals surface area contributed by atoms with Gasteiger partial charge < -0.3 is 10.2 Å². The predicted octanol–water partition coefficient (Wildman–Crippen LogP) is 4.81. The maximum Gasteiger partial charge on any atom is 0.243 e. The van der Waals surface area contributed by atoms with Crippen molar-refractivity contribution in [3.8, 4) is 0 Å². The third-order valence-electron chi connectivity index (χ3n) is 6.63. The van der Waals surface area contributed by atoms with E-state index in [1.807, 2.05) is 36.4 Å². The smallest absolute Gasteiger partial charge is 0.243 e. The molecule has 1 N–H and O–H groups in total. The Bertz CT molecular complexity index is 1030. The van der Waals surface area contributed by atoms with Crippen LogP contribution in [0.15, 0.2) is 53.4 Å². The van der Waals surface area contributed by atoms with Crippen molar-refractivity contribution in [3.63, 3.8) is 0 Å². The number of anilines is 2. The van der Waals surface area contributed by atoms with Crippen LogP contribution in [-0.2, 0) is 21.2 Å². The average molecular weight is 470 g/mol. The van der Waals surface area contributed by atoms with Crippen LogP contribution in [0.5, 0.6) is 0 Å². The first kappa shape index (κ1) is 23.8. The van der Waals surface area contributed by atoms with Crippen molar-refractivity contribution in [2.45, 2.75) is 62.7 Å². The summed E-state index contributed by atoms with van der Waals surface area (Å²) in [4.78, 5) is 15.4. The SMILES string of the molecule is O=C(CCc1ccccc1)Nc1cc(S(=O)(=O)N2CCCCC2)ccc1N1CCCCCC1. The minimum absolute atomic E-state index is 0.0950. The summed E-state index contributed by atoms with van der Waals surface area (Å²) >= 11 is 0. The molecule has 0 bridgehead atoms. The Morgan fingerprint density at radius 3 is 2.15 bits per heavy atom. The van der Waals surface area contributed by atoms with Gasteiger partial charge in [0.15, 0.2) is 0 Å². The van der Waals surface area contributed by atoms with Crippen LogP contribution >= 0.6 is 0 Å². The molecule has 0 atom stereocenters. The summed E-state index contributed by atoms with van der Waals surface area (Å²) in [5.74, 6) is -0.0950. The molecular formula is C26H35N3O3S. The number of piperidine rings is 1. The Hall–Kier alpha value is -2.38. The Morgan fingerprint density at radius 1 is 0.818 bits per heavy atom. The van der Waals surface area contributed by atoms with E-state index in [0.29, 0.717) is 31.6 Å². The first-order valence-corrected chi connectivity index (χ1v) is 13.7. The fraction of sp³-hybridized carbons (Fsp3) is 0.500. The zero-order chi connectivity index (χ0) is 23.1. The lowest BCUT2D eigenvalue weighted by Gasteiger charge is -2.28. The van der Waals surface area contributed by atoms with Crippen LogP contribution in [0.4, 0.5) is 11.4 Å². The number of rotatable bonds is 7. The van der Waals surface area contributed by atoms with Gasteiger partial charge in [-0.3, -0.25) is 4.79 Å². The van der Waals surface area contributed by atoms with E-state index in [-0.39, 0.29) is 10.8 Å². The molecule has 2 heterocycles. The molecule has 6 nitrogen and oxygen atoms in total. The van der Waals surface area contributed by atoms with Crippen molar-refractivity contribution >= 4 is 27.3 Å². The summed E-state index contributed by atoms with van der Waals surface area (Å²) < 4.78 is 28.1. The van der Waals surface area contributed by atoms with Crippen LogP contribution in [0.25, 0.3) is 0 Å². The molecule has 33 heavy (non-hydrogen) atoms. The first-order chi connectivity index (χ1) is 16.0. The summed E-state index contributed by atoms with van der Waals surface area (Å²) in [5.41, 5.74) is 2.64. The van der Waals surface area contributed by atoms with Gasteiger partial charge in [0.2, 0.25) is 15.9 Å². The molecule has 1 amide bonds. The van der Waals surface area contributed by atoms with Crippen molar-refractivity contribution in [1.82, 2.24) is 4.31 Å². The number of carbonyl (C=O) groups is 1. The number of amides is 1. The molecule has 2 fully saturated rings. The van der Waals surface area contributed by atoms with Gasteiger partial charge in [0.05, 0.1) is 16.3 Å². The fourth-order valence-electron chi connectivity index (χ4n) is 4.73. The second kappa shape index (κ2) is 11.2. The van der Waals surface area contributed by atoms with Crippen LogP contribution < -0.4 is 10.2 Å². The second-order valence-electron chi connectivity index (χ2n) is 9.08. The van der Waals surface area contributed by atoms with Gasteiger partial charge in [0.25, 0.3) is 0 Å². The molecule has 178 valence electrons. The van der Waals surface area contributed by atoms with Crippen LogP contribution in [0.3, 0.4) is 0 Å². The molecule has 0 spiro atoms. The minimum atomic E-state index is -3.57. The highest BCUT2D eigenvalue weighted by Crippen LogP contribution is 2.32. The van der Waals surface area contributed by atoms with E-state index in [1.165, 1.54) is 12.8 Å². The number of carbonyl (C=O) groups excluding carboxylic acids is 1. The minimum Gasteiger partial charge on any atom is -0.370 e. The highest BCUT2D eigenvalue weighted by molar-refractivity contribution is 7.89. The van der Waals surface area contributed by atoms with Gasteiger partial charge in [-0.2, -0.15) is 4.31 Å². The Balaban J connectivity index is 1.57. The summed E-state index contributed by atoms with van der Waals surface area (Å²) in [5, 5.41) is 3.05. The Morgan fingerprint density at radius 2 is 1.45 bits per heavy atom. The lowest BCUT2D eigenvalue weighted by Crippen LogP contribution is -2.35. The molecule has 0 radical (unpaired) electrons. The van der Waals surface area contributed by atoms with Crippen molar-refractivity contribution in [1.29, 1.82) is 0 Å². The number of hydrogen-bond donors (Lipinski definition) is 1. The molecule has 2 aromatic carbocycles. The van der Waals surface area contributed by atoms with Gasteiger partial charge in [-0.15, -0.1) is 0 Å². The van der Waals surface area contributed by atoms with Gasteiger partial charge >= 0.3 is 0 Å². The van der Waals surface area contributed by atoms with Gasteiger partial charge in [0, 0.05) is 32.6 Å². The van der Waals surface area contributed by atoms with E-state index >= 15 is 0 Å². The molecule has 2 aliphatic rings. The Kier molecular flexibility index (Phi) is 8.04. The third kappa shape index (κ3) is 6.15. The zero-order valence-electron chi connectivity index (χ0n) is 19.3. The molecule has 0 aromatic heterocycles. The monoisotopic (exact) mass is 469 g/mol. The predicted molar refractivity (Wildman–Crippen MR) is 133 cm³/mol. The molecule has 0 saturated carbocycles. The number of sulfonamides is 1. The summed E-state index contributed by atoms with van der Waals surface area (Å²) in [7, 11) is -3.57. The summed E-state index contributed by atoms with van der Waals surface area (Å²) in [6, 6.07) is 15.2. The van der Waals surface area contributed by atoms with E-state index in [1.54, 1.807) is 16.4 Å². The average Bonchev–Trinajstić information content (AvgIpc) is 3.13. The molecule has 2 aliphatic heterocycles. The van der Waals surface area contributed by atoms with Gasteiger partial charge in [-0.05, 0) is 55.9 Å². The van der Waals surface area contributed by atoms with E-state index in [4.69, 9.17) is 0 Å². The molecule has 4 rings (SSSR count). The summed E-state index contributed by atoms with van der Waals surface area (Å²) in [6.45, 7) is 2.97. The number of nitrogens with zero attached hydrogens (tertiary/aromatic N) is 2. The van der Waals surface area contributed by atoms with Crippen molar-refractivity contribution in [3.05, 3.63) is 54.1 Å². The largest absolute Gasteiger partial charge is 0.370 e. The number of aryl methyl sites for hydroxylation is 1. The van der Waals surface area contributed by atoms with Crippen LogP contribution in [-0.4, -0.2) is 44.8 Å². The quantitative estimate of drug-likeness (QED) is 0.632. The highest BCUT2D eigenvalue weighted by Gasteiger charge is 2.27. The van der Waals surface area contributed by atoms with Gasteiger partial charge in [-0.1, -0.05) is 49.6 Å². The van der Waals surface area contributed by atoms with Gasteiger partial charge in [0.1, 0.15) is 0 Å². The van der Waals surface area contributed by atoms with Crippen LogP contribution in [0.1, 0.15) is 56.9 Å². The van der Waals surface area contributed by atoms with E-state index in [0.717, 1.165) is 56.4 Å². The van der Waals surface area contributed by atoms with Crippen LogP contribution in [0.2, 0.25) is 0 Å². The molecule has 0 aliphatic carbocycles. The lowest BCUT2D eigenvalue weighted by molar-refractivity contribution is -0.116. The van der Waals surface area contributed by atoms with E-state index in [2.05, 4.69) is 10.2 Å². The Labute approximate surface area is 198 Å². The normalized spacial score (nSPS) is 18.0.